The summed E-state index contributed by atoms with van der Waals surface area (Å²) in [6, 6.07) is 0. The highest BCUT2D eigenvalue weighted by atomic mass is 16.6. The Kier molecular flexibility index (Phi) is 4.00. The van der Waals surface area contributed by atoms with E-state index in [0.29, 0.717) is 0 Å². The van der Waals surface area contributed by atoms with E-state index in [9.17, 15) is 14.4 Å². The zero-order chi connectivity index (χ0) is 12.2. The highest BCUT2D eigenvalue weighted by molar-refractivity contribution is 6.26. The molecule has 0 aliphatic carbocycles. The summed E-state index contributed by atoms with van der Waals surface area (Å²) in [4.78, 5) is 35.0. The minimum atomic E-state index is -1.94. The highest BCUT2D eigenvalue weighted by Crippen LogP contribution is 2.19. The van der Waals surface area contributed by atoms with Crippen molar-refractivity contribution in [3.05, 3.63) is 0 Å². The van der Waals surface area contributed by atoms with Crippen LogP contribution < -0.4 is 5.32 Å². The maximum Gasteiger partial charge on any atom is 0.346 e. The Bertz CT molecular complexity index is 294. The second-order valence-electron chi connectivity index (χ2n) is 3.29. The summed E-state index contributed by atoms with van der Waals surface area (Å²) < 4.78 is 9.49. The molecule has 90 valence electrons. The molecule has 0 atom stereocenters. The first-order chi connectivity index (χ1) is 7.59. The van der Waals surface area contributed by atoms with Crippen molar-refractivity contribution in [3.8, 4) is 0 Å². The van der Waals surface area contributed by atoms with E-state index in [-0.39, 0.29) is 26.2 Å². The number of Topliss-reactive ketones (excluding diaryl/α,β-unsaturated/α-hetero) is 1. The summed E-state index contributed by atoms with van der Waals surface area (Å²) in [5, 5.41) is 2.59. The predicted octanol–water partition coefficient (Wildman–Crippen LogP) is -0.586. The topological polar surface area (TPSA) is 81.7 Å². The molecule has 1 rings (SSSR count). The van der Waals surface area contributed by atoms with Crippen LogP contribution in [0.1, 0.15) is 20.3 Å². The van der Waals surface area contributed by atoms with Crippen LogP contribution in [-0.4, -0.2) is 43.0 Å². The molecule has 1 fully saturated rings. The number of hydrogen-bond acceptors (Lipinski definition) is 6. The first-order valence-corrected chi connectivity index (χ1v) is 5.22. The first kappa shape index (κ1) is 12.6. The second-order valence-corrected chi connectivity index (χ2v) is 3.29. The fourth-order valence-electron chi connectivity index (χ4n) is 1.58. The lowest BCUT2D eigenvalue weighted by Crippen LogP contribution is -2.60. The Morgan fingerprint density at radius 3 is 2.06 bits per heavy atom. The van der Waals surface area contributed by atoms with Crippen LogP contribution in [0.3, 0.4) is 0 Å². The number of esters is 2. The quantitative estimate of drug-likeness (QED) is 0.512. The van der Waals surface area contributed by atoms with Gasteiger partial charge >= 0.3 is 11.9 Å². The zero-order valence-corrected chi connectivity index (χ0v) is 9.37. The maximum absolute atomic E-state index is 11.7. The van der Waals surface area contributed by atoms with E-state index >= 15 is 0 Å². The van der Waals surface area contributed by atoms with Gasteiger partial charge in [-0.25, -0.2) is 9.59 Å². The van der Waals surface area contributed by atoms with Gasteiger partial charge in [0.15, 0.2) is 5.78 Å². The minimum Gasteiger partial charge on any atom is -0.464 e. The largest absolute Gasteiger partial charge is 0.464 e. The molecule has 1 saturated heterocycles. The molecule has 1 N–H and O–H groups in total. The second kappa shape index (κ2) is 5.07. The van der Waals surface area contributed by atoms with Gasteiger partial charge in [0.1, 0.15) is 0 Å². The van der Waals surface area contributed by atoms with Gasteiger partial charge in [-0.2, -0.15) is 0 Å². The molecular weight excluding hydrogens is 214 g/mol. The van der Waals surface area contributed by atoms with Crippen LogP contribution >= 0.6 is 0 Å². The maximum atomic E-state index is 11.7. The van der Waals surface area contributed by atoms with E-state index in [1.54, 1.807) is 13.8 Å². The molecule has 0 amide bonds. The minimum absolute atomic E-state index is 0.106. The van der Waals surface area contributed by atoms with E-state index < -0.39 is 23.3 Å². The third-order valence-corrected chi connectivity index (χ3v) is 2.32. The van der Waals surface area contributed by atoms with Crippen molar-refractivity contribution in [1.29, 1.82) is 0 Å². The van der Waals surface area contributed by atoms with Crippen molar-refractivity contribution in [2.24, 2.45) is 0 Å². The Hall–Kier alpha value is -1.43. The summed E-state index contributed by atoms with van der Waals surface area (Å²) in [5.74, 6) is -2.25. The number of carbonyl (C=O) groups excluding carboxylic acids is 3. The van der Waals surface area contributed by atoms with Gasteiger partial charge in [-0.15, -0.1) is 0 Å². The molecule has 6 heteroatoms. The van der Waals surface area contributed by atoms with Crippen LogP contribution in [-0.2, 0) is 23.9 Å². The summed E-state index contributed by atoms with van der Waals surface area (Å²) >= 11 is 0. The van der Waals surface area contributed by atoms with Gasteiger partial charge in [0.25, 0.3) is 5.54 Å². The molecule has 0 bridgehead atoms. The van der Waals surface area contributed by atoms with Gasteiger partial charge in [-0.3, -0.25) is 10.1 Å². The molecule has 0 radical (unpaired) electrons. The summed E-state index contributed by atoms with van der Waals surface area (Å²) in [6.45, 7) is 3.70. The molecular formula is C10H15NO5. The van der Waals surface area contributed by atoms with Gasteiger partial charge in [0.2, 0.25) is 0 Å². The number of ketones is 1. The number of ether oxygens (including phenoxy) is 2. The SMILES string of the molecule is CCOC(=O)C1(C(=O)OCC)NCCC1=O. The fraction of sp³-hybridized carbons (Fsp3) is 0.700. The molecule has 0 aromatic carbocycles. The smallest absolute Gasteiger partial charge is 0.346 e. The first-order valence-electron chi connectivity index (χ1n) is 5.22. The molecule has 0 saturated carbocycles. The van der Waals surface area contributed by atoms with Crippen LogP contribution in [0.4, 0.5) is 0 Å². The predicted molar refractivity (Wildman–Crippen MR) is 53.6 cm³/mol. The monoisotopic (exact) mass is 229 g/mol. The van der Waals surface area contributed by atoms with Crippen LogP contribution in [0.15, 0.2) is 0 Å². The van der Waals surface area contributed by atoms with Gasteiger partial charge in [0, 0.05) is 13.0 Å². The lowest BCUT2D eigenvalue weighted by Gasteiger charge is -2.22. The van der Waals surface area contributed by atoms with E-state index in [4.69, 9.17) is 9.47 Å². The van der Waals surface area contributed by atoms with Crippen molar-refractivity contribution in [2.45, 2.75) is 25.8 Å². The molecule has 1 heterocycles. The van der Waals surface area contributed by atoms with Crippen LogP contribution in [0.5, 0.6) is 0 Å². The van der Waals surface area contributed by atoms with Gasteiger partial charge in [-0.05, 0) is 13.8 Å². The Labute approximate surface area is 93.3 Å². The van der Waals surface area contributed by atoms with E-state index in [2.05, 4.69) is 5.32 Å². The highest BCUT2D eigenvalue weighted by Gasteiger charge is 2.57. The van der Waals surface area contributed by atoms with Gasteiger partial charge in [0.05, 0.1) is 13.2 Å². The van der Waals surface area contributed by atoms with Crippen molar-refractivity contribution >= 4 is 17.7 Å². The average molecular weight is 229 g/mol. The molecule has 1 aliphatic heterocycles. The third-order valence-electron chi connectivity index (χ3n) is 2.32. The van der Waals surface area contributed by atoms with Crippen molar-refractivity contribution in [3.63, 3.8) is 0 Å². The molecule has 0 aromatic heterocycles. The molecule has 16 heavy (non-hydrogen) atoms. The van der Waals surface area contributed by atoms with Gasteiger partial charge < -0.3 is 9.47 Å². The van der Waals surface area contributed by atoms with Crippen LogP contribution in [0.25, 0.3) is 0 Å². The molecule has 0 aromatic rings. The third kappa shape index (κ3) is 1.92. The standard InChI is InChI=1S/C10H15NO5/c1-3-15-8(13)10(9(14)16-4-2)7(12)5-6-11-10/h11H,3-6H2,1-2H3. The lowest BCUT2D eigenvalue weighted by molar-refractivity contribution is -0.167. The number of rotatable bonds is 4. The van der Waals surface area contributed by atoms with E-state index in [1.165, 1.54) is 0 Å². The Balaban J connectivity index is 2.97. The van der Waals surface area contributed by atoms with Crippen molar-refractivity contribution in [2.75, 3.05) is 19.8 Å². The summed E-state index contributed by atoms with van der Waals surface area (Å²) in [7, 11) is 0. The Morgan fingerprint density at radius 1 is 1.25 bits per heavy atom. The molecule has 0 unspecified atom stereocenters. The number of hydrogen-bond donors (Lipinski definition) is 1. The Morgan fingerprint density at radius 2 is 1.75 bits per heavy atom. The lowest BCUT2D eigenvalue weighted by atomic mass is 9.96. The van der Waals surface area contributed by atoms with Crippen molar-refractivity contribution in [1.82, 2.24) is 5.32 Å². The number of nitrogens with one attached hydrogen (secondary N) is 1. The molecule has 1 aliphatic rings. The van der Waals surface area contributed by atoms with E-state index in [1.807, 2.05) is 0 Å². The summed E-state index contributed by atoms with van der Waals surface area (Å²) in [5.41, 5.74) is -1.94. The number of carbonyl (C=O) groups is 3. The van der Waals surface area contributed by atoms with Crippen LogP contribution in [0, 0.1) is 0 Å². The fourth-order valence-corrected chi connectivity index (χ4v) is 1.58. The van der Waals surface area contributed by atoms with Crippen LogP contribution in [0.2, 0.25) is 0 Å². The van der Waals surface area contributed by atoms with E-state index in [0.717, 1.165) is 0 Å². The zero-order valence-electron chi connectivity index (χ0n) is 9.37. The van der Waals surface area contributed by atoms with Crippen molar-refractivity contribution < 1.29 is 23.9 Å². The molecule has 6 nitrogen and oxygen atoms in total. The molecule has 0 spiro atoms. The van der Waals surface area contributed by atoms with Gasteiger partial charge in [-0.1, -0.05) is 0 Å². The summed E-state index contributed by atoms with van der Waals surface area (Å²) in [6.07, 6.45) is 0.123. The average Bonchev–Trinajstić information content (AvgIpc) is 2.62. The normalized spacial score (nSPS) is 18.2.